The van der Waals surface area contributed by atoms with Crippen molar-refractivity contribution in [3.8, 4) is 5.75 Å². The third-order valence-electron chi connectivity index (χ3n) is 5.31. The van der Waals surface area contributed by atoms with Gasteiger partial charge in [-0.2, -0.15) is 0 Å². The Kier molecular flexibility index (Phi) is 5.59. The van der Waals surface area contributed by atoms with E-state index in [0.717, 1.165) is 17.7 Å². The summed E-state index contributed by atoms with van der Waals surface area (Å²) in [7, 11) is 3.92. The van der Waals surface area contributed by atoms with E-state index >= 15 is 0 Å². The van der Waals surface area contributed by atoms with Crippen LogP contribution in [0.4, 0.5) is 0 Å². The second kappa shape index (κ2) is 8.32. The minimum absolute atomic E-state index is 0.141. The molecule has 1 aliphatic heterocycles. The van der Waals surface area contributed by atoms with E-state index in [2.05, 4.69) is 6.92 Å². The van der Waals surface area contributed by atoms with Crippen molar-refractivity contribution in [1.29, 1.82) is 0 Å². The molecule has 0 N–H and O–H groups in total. The van der Waals surface area contributed by atoms with Crippen LogP contribution in [0.1, 0.15) is 41.1 Å². The van der Waals surface area contributed by atoms with Crippen LogP contribution >= 0.6 is 0 Å². The molecule has 2 aromatic carbocycles. The first-order valence-electron chi connectivity index (χ1n) is 10.3. The fourth-order valence-corrected chi connectivity index (χ4v) is 3.85. The Morgan fingerprint density at radius 1 is 1.10 bits per heavy atom. The van der Waals surface area contributed by atoms with E-state index in [1.807, 2.05) is 43.3 Å². The molecule has 0 fully saturated rings. The Bertz CT molecular complexity index is 1140. The molecule has 2 heterocycles. The van der Waals surface area contributed by atoms with Gasteiger partial charge in [0.25, 0.3) is 5.91 Å². The summed E-state index contributed by atoms with van der Waals surface area (Å²) >= 11 is 0. The van der Waals surface area contributed by atoms with Crippen LogP contribution in [-0.4, -0.2) is 49.5 Å². The Morgan fingerprint density at radius 2 is 1.90 bits per heavy atom. The number of fused-ring (bicyclic) bond motifs is 2. The Hall–Kier alpha value is -3.12. The van der Waals surface area contributed by atoms with Gasteiger partial charge in [-0.05, 0) is 50.3 Å². The van der Waals surface area contributed by atoms with E-state index in [4.69, 9.17) is 9.15 Å². The SMILES string of the molecule is CCCOc1cccc([C@H]2c3c(oc4ccccc4c3=O)C(=O)N2CCN(C)C)c1. The van der Waals surface area contributed by atoms with Crippen molar-refractivity contribution in [2.75, 3.05) is 33.8 Å². The summed E-state index contributed by atoms with van der Waals surface area (Å²) in [6.07, 6.45) is 0.902. The van der Waals surface area contributed by atoms with Crippen LogP contribution in [-0.2, 0) is 0 Å². The van der Waals surface area contributed by atoms with Crippen LogP contribution in [0.3, 0.4) is 0 Å². The lowest BCUT2D eigenvalue weighted by molar-refractivity contribution is 0.0716. The van der Waals surface area contributed by atoms with Crippen molar-refractivity contribution in [1.82, 2.24) is 9.80 Å². The van der Waals surface area contributed by atoms with Gasteiger partial charge in [0.2, 0.25) is 5.76 Å². The summed E-state index contributed by atoms with van der Waals surface area (Å²) in [5, 5.41) is 0.488. The maximum Gasteiger partial charge on any atom is 0.290 e. The zero-order valence-corrected chi connectivity index (χ0v) is 17.6. The molecule has 1 atom stereocenters. The topological polar surface area (TPSA) is 63.0 Å². The molecule has 0 bridgehead atoms. The Labute approximate surface area is 175 Å². The highest BCUT2D eigenvalue weighted by Gasteiger charge is 2.42. The maximum atomic E-state index is 13.4. The summed E-state index contributed by atoms with van der Waals surface area (Å²) in [6, 6.07) is 14.2. The summed E-state index contributed by atoms with van der Waals surface area (Å²) in [6.45, 7) is 3.82. The molecule has 0 unspecified atom stereocenters. The number of hydrogen-bond donors (Lipinski definition) is 0. The third kappa shape index (κ3) is 3.59. The fourth-order valence-electron chi connectivity index (χ4n) is 3.85. The van der Waals surface area contributed by atoms with Crippen LogP contribution in [0.5, 0.6) is 5.75 Å². The van der Waals surface area contributed by atoms with E-state index in [-0.39, 0.29) is 17.1 Å². The summed E-state index contributed by atoms with van der Waals surface area (Å²) < 4.78 is 11.7. The monoisotopic (exact) mass is 406 g/mol. The second-order valence-electron chi connectivity index (χ2n) is 7.80. The zero-order chi connectivity index (χ0) is 21.3. The molecule has 0 saturated heterocycles. The third-order valence-corrected chi connectivity index (χ3v) is 5.31. The number of nitrogens with zero attached hydrogens (tertiary/aromatic N) is 2. The van der Waals surface area contributed by atoms with Crippen molar-refractivity contribution >= 4 is 16.9 Å². The molecular formula is C24H26N2O4. The van der Waals surface area contributed by atoms with Gasteiger partial charge < -0.3 is 19.0 Å². The van der Waals surface area contributed by atoms with Gasteiger partial charge in [-0.3, -0.25) is 9.59 Å². The summed E-state index contributed by atoms with van der Waals surface area (Å²) in [5.41, 5.74) is 1.53. The molecule has 30 heavy (non-hydrogen) atoms. The molecule has 0 spiro atoms. The number of para-hydroxylation sites is 1. The first kappa shape index (κ1) is 20.2. The molecule has 1 aromatic heterocycles. The first-order valence-corrected chi connectivity index (χ1v) is 10.3. The highest BCUT2D eigenvalue weighted by Crippen LogP contribution is 2.38. The average Bonchev–Trinajstić information content (AvgIpc) is 3.03. The van der Waals surface area contributed by atoms with Crippen molar-refractivity contribution in [3.63, 3.8) is 0 Å². The first-order chi connectivity index (χ1) is 14.5. The molecular weight excluding hydrogens is 380 g/mol. The summed E-state index contributed by atoms with van der Waals surface area (Å²) in [5.74, 6) is 0.620. The predicted molar refractivity (Wildman–Crippen MR) is 116 cm³/mol. The van der Waals surface area contributed by atoms with Gasteiger partial charge >= 0.3 is 0 Å². The highest BCUT2D eigenvalue weighted by atomic mass is 16.5. The number of amides is 1. The van der Waals surface area contributed by atoms with E-state index in [1.165, 1.54) is 0 Å². The number of carbonyl (C=O) groups excluding carboxylic acids is 1. The number of carbonyl (C=O) groups is 1. The van der Waals surface area contributed by atoms with Gasteiger partial charge in [0.1, 0.15) is 11.3 Å². The lowest BCUT2D eigenvalue weighted by atomic mass is 9.98. The number of hydrogen-bond acceptors (Lipinski definition) is 5. The Morgan fingerprint density at radius 3 is 2.67 bits per heavy atom. The normalized spacial score (nSPS) is 15.8. The van der Waals surface area contributed by atoms with Crippen LogP contribution in [0.25, 0.3) is 11.0 Å². The van der Waals surface area contributed by atoms with Gasteiger partial charge in [0, 0.05) is 13.1 Å². The molecule has 6 heteroatoms. The number of ether oxygens (including phenoxy) is 1. The Balaban J connectivity index is 1.87. The van der Waals surface area contributed by atoms with Crippen LogP contribution in [0.15, 0.2) is 57.7 Å². The molecule has 6 nitrogen and oxygen atoms in total. The van der Waals surface area contributed by atoms with Crippen LogP contribution in [0, 0.1) is 0 Å². The highest BCUT2D eigenvalue weighted by molar-refractivity contribution is 5.99. The number of likely N-dealkylation sites (N-methyl/N-ethyl adjacent to an activating group) is 1. The van der Waals surface area contributed by atoms with E-state index in [1.54, 1.807) is 29.2 Å². The van der Waals surface area contributed by atoms with E-state index in [9.17, 15) is 9.59 Å². The molecule has 1 aliphatic rings. The quantitative estimate of drug-likeness (QED) is 0.599. The van der Waals surface area contributed by atoms with Gasteiger partial charge in [-0.1, -0.05) is 31.2 Å². The second-order valence-corrected chi connectivity index (χ2v) is 7.80. The minimum atomic E-state index is -0.501. The minimum Gasteiger partial charge on any atom is -0.494 e. The van der Waals surface area contributed by atoms with Gasteiger partial charge in [0.15, 0.2) is 5.43 Å². The lowest BCUT2D eigenvalue weighted by Crippen LogP contribution is -2.35. The van der Waals surface area contributed by atoms with Gasteiger partial charge in [-0.15, -0.1) is 0 Å². The summed E-state index contributed by atoms with van der Waals surface area (Å²) in [4.78, 5) is 30.4. The predicted octanol–water partition coefficient (Wildman–Crippen LogP) is 3.69. The number of benzene rings is 2. The van der Waals surface area contributed by atoms with Gasteiger partial charge in [-0.25, -0.2) is 0 Å². The van der Waals surface area contributed by atoms with Crippen molar-refractivity contribution in [2.24, 2.45) is 0 Å². The van der Waals surface area contributed by atoms with Crippen molar-refractivity contribution in [2.45, 2.75) is 19.4 Å². The largest absolute Gasteiger partial charge is 0.494 e. The van der Waals surface area contributed by atoms with E-state index < -0.39 is 6.04 Å². The smallest absolute Gasteiger partial charge is 0.290 e. The molecule has 0 saturated carbocycles. The van der Waals surface area contributed by atoms with Gasteiger partial charge in [0.05, 0.1) is 23.6 Å². The van der Waals surface area contributed by atoms with E-state index in [0.29, 0.717) is 36.2 Å². The van der Waals surface area contributed by atoms with Crippen LogP contribution in [0.2, 0.25) is 0 Å². The zero-order valence-electron chi connectivity index (χ0n) is 17.6. The van der Waals surface area contributed by atoms with Crippen LogP contribution < -0.4 is 10.2 Å². The van der Waals surface area contributed by atoms with Crippen molar-refractivity contribution in [3.05, 3.63) is 75.6 Å². The number of rotatable bonds is 7. The lowest BCUT2D eigenvalue weighted by Gasteiger charge is -2.26. The molecule has 0 radical (unpaired) electrons. The molecule has 1 amide bonds. The average molecular weight is 406 g/mol. The molecule has 4 rings (SSSR count). The molecule has 3 aromatic rings. The standard InChI is InChI=1S/C24H26N2O4/c1-4-14-29-17-9-7-8-16(15-17)21-20-22(27)18-10-5-6-11-19(18)30-23(20)24(28)26(21)13-12-25(2)3/h5-11,15,21H,4,12-14H2,1-3H3/t21-/m0/s1. The molecule has 156 valence electrons. The fraction of sp³-hybridized carbons (Fsp3) is 0.333. The van der Waals surface area contributed by atoms with Crippen molar-refractivity contribution < 1.29 is 13.9 Å². The maximum absolute atomic E-state index is 13.4. The molecule has 0 aliphatic carbocycles.